The van der Waals surface area contributed by atoms with E-state index in [1.165, 1.54) is 16.6 Å². The fourth-order valence-corrected chi connectivity index (χ4v) is 5.84. The molecule has 0 radical (unpaired) electrons. The van der Waals surface area contributed by atoms with Crippen LogP contribution >= 0.6 is 0 Å². The highest BCUT2D eigenvalue weighted by atomic mass is 32.2. The number of hydrogen-bond donors (Lipinski definition) is 1. The van der Waals surface area contributed by atoms with Gasteiger partial charge >= 0.3 is 0 Å². The molecule has 3 heterocycles. The van der Waals surface area contributed by atoms with Crippen molar-refractivity contribution >= 4 is 33.8 Å². The molecule has 0 bridgehead atoms. The lowest BCUT2D eigenvalue weighted by Crippen LogP contribution is -2.41. The van der Waals surface area contributed by atoms with Crippen molar-refractivity contribution in [1.29, 1.82) is 0 Å². The minimum Gasteiger partial charge on any atom is -0.465 e. The van der Waals surface area contributed by atoms with E-state index in [2.05, 4.69) is 10.5 Å². The van der Waals surface area contributed by atoms with E-state index >= 15 is 0 Å². The molecule has 8 nitrogen and oxygen atoms in total. The summed E-state index contributed by atoms with van der Waals surface area (Å²) in [7, 11) is -3.83. The number of nitrogens with zero attached hydrogens (tertiary/aromatic N) is 2. The van der Waals surface area contributed by atoms with E-state index in [9.17, 15) is 13.2 Å². The number of aromatic nitrogens is 1. The van der Waals surface area contributed by atoms with E-state index in [4.69, 9.17) is 8.94 Å². The van der Waals surface area contributed by atoms with E-state index in [0.717, 1.165) is 16.8 Å². The summed E-state index contributed by atoms with van der Waals surface area (Å²) in [5, 5.41) is 6.83. The van der Waals surface area contributed by atoms with Crippen LogP contribution < -0.4 is 5.32 Å². The Morgan fingerprint density at radius 3 is 2.45 bits per heavy atom. The second kappa shape index (κ2) is 9.36. The van der Waals surface area contributed by atoms with Gasteiger partial charge in [-0.2, -0.15) is 4.31 Å². The van der Waals surface area contributed by atoms with E-state index in [0.29, 0.717) is 24.3 Å². The van der Waals surface area contributed by atoms with Crippen molar-refractivity contribution in [2.24, 2.45) is 5.92 Å². The van der Waals surface area contributed by atoms with Gasteiger partial charge in [0.05, 0.1) is 6.26 Å². The Hall–Kier alpha value is -3.17. The van der Waals surface area contributed by atoms with Crippen LogP contribution in [0.15, 0.2) is 50.4 Å². The monoisotopic (exact) mass is 469 g/mol. The zero-order chi connectivity index (χ0) is 23.6. The molecule has 4 rings (SSSR count). The molecule has 174 valence electrons. The Morgan fingerprint density at radius 1 is 1.12 bits per heavy atom. The lowest BCUT2D eigenvalue weighted by Gasteiger charge is -2.30. The van der Waals surface area contributed by atoms with Gasteiger partial charge in [-0.3, -0.25) is 4.79 Å². The third-order valence-electron chi connectivity index (χ3n) is 5.69. The molecular weight excluding hydrogens is 442 g/mol. The zero-order valence-corrected chi connectivity index (χ0v) is 19.7. The van der Waals surface area contributed by atoms with Gasteiger partial charge in [-0.05, 0) is 81.2 Å². The fourth-order valence-electron chi connectivity index (χ4n) is 4.12. The standard InChI is InChI=1S/C24H27N3O5S/c1-16-13-17(2)15-20(14-16)25-24(28)19-8-10-27(11-9-19)33(29,30)23-18(3)26-32-22(23)7-6-21-5-4-12-31-21/h4-7,12-15,19H,8-11H2,1-3H3,(H,25,28)/b7-6+. The van der Waals surface area contributed by atoms with Crippen molar-refractivity contribution in [3.8, 4) is 0 Å². The molecule has 0 atom stereocenters. The second-order valence-corrected chi connectivity index (χ2v) is 10.2. The van der Waals surface area contributed by atoms with Crippen molar-refractivity contribution in [3.05, 3.63) is 64.9 Å². The normalized spacial score (nSPS) is 15.8. The van der Waals surface area contributed by atoms with Crippen LogP contribution in [0, 0.1) is 26.7 Å². The molecule has 0 spiro atoms. The highest BCUT2D eigenvalue weighted by molar-refractivity contribution is 7.89. The van der Waals surface area contributed by atoms with E-state index in [1.54, 1.807) is 25.1 Å². The van der Waals surface area contributed by atoms with E-state index in [1.807, 2.05) is 32.0 Å². The van der Waals surface area contributed by atoms with Crippen molar-refractivity contribution < 1.29 is 22.2 Å². The number of rotatable bonds is 6. The molecule has 1 aliphatic heterocycles. The van der Waals surface area contributed by atoms with Crippen molar-refractivity contribution in [2.75, 3.05) is 18.4 Å². The molecule has 0 aliphatic carbocycles. The number of carbonyl (C=O) groups is 1. The largest absolute Gasteiger partial charge is 0.465 e. The summed E-state index contributed by atoms with van der Waals surface area (Å²) < 4.78 is 38.6. The molecule has 9 heteroatoms. The first-order valence-corrected chi connectivity index (χ1v) is 12.3. The summed E-state index contributed by atoms with van der Waals surface area (Å²) in [6.07, 6.45) is 5.58. The number of hydrogen-bond acceptors (Lipinski definition) is 6. The van der Waals surface area contributed by atoms with Crippen LogP contribution in [-0.2, 0) is 14.8 Å². The summed E-state index contributed by atoms with van der Waals surface area (Å²) in [4.78, 5) is 12.8. The lowest BCUT2D eigenvalue weighted by molar-refractivity contribution is -0.120. The van der Waals surface area contributed by atoms with Gasteiger partial charge in [0.2, 0.25) is 15.9 Å². The number of amides is 1. The molecule has 0 saturated carbocycles. The Kier molecular flexibility index (Phi) is 6.53. The number of benzene rings is 1. The molecule has 1 fully saturated rings. The van der Waals surface area contributed by atoms with Gasteiger partial charge < -0.3 is 14.3 Å². The number of sulfonamides is 1. The third kappa shape index (κ3) is 5.09. The number of furan rings is 1. The van der Waals surface area contributed by atoms with Gasteiger partial charge in [-0.1, -0.05) is 11.2 Å². The minimum absolute atomic E-state index is 0.0449. The summed E-state index contributed by atoms with van der Waals surface area (Å²) in [5.74, 6) is 0.390. The average Bonchev–Trinajstić information content (AvgIpc) is 3.41. The number of anilines is 1. The van der Waals surface area contributed by atoms with Crippen LogP contribution in [0.25, 0.3) is 12.2 Å². The summed E-state index contributed by atoms with van der Waals surface area (Å²) in [6, 6.07) is 9.39. The number of aryl methyl sites for hydroxylation is 3. The predicted octanol–water partition coefficient (Wildman–Crippen LogP) is 4.40. The minimum atomic E-state index is -3.83. The zero-order valence-electron chi connectivity index (χ0n) is 18.9. The molecule has 3 aromatic rings. The molecule has 1 N–H and O–H groups in total. The van der Waals surface area contributed by atoms with Crippen molar-refractivity contribution in [2.45, 2.75) is 38.5 Å². The molecule has 1 aromatic carbocycles. The molecule has 1 aliphatic rings. The summed E-state index contributed by atoms with van der Waals surface area (Å²) >= 11 is 0. The number of nitrogens with one attached hydrogen (secondary N) is 1. The van der Waals surface area contributed by atoms with Crippen molar-refractivity contribution in [1.82, 2.24) is 9.46 Å². The molecule has 0 unspecified atom stereocenters. The third-order valence-corrected chi connectivity index (χ3v) is 7.74. The second-order valence-electron chi connectivity index (χ2n) is 8.35. The van der Waals surface area contributed by atoms with Gasteiger partial charge in [0.1, 0.15) is 11.5 Å². The highest BCUT2D eigenvalue weighted by Gasteiger charge is 2.36. The lowest BCUT2D eigenvalue weighted by atomic mass is 9.97. The molecule has 2 aromatic heterocycles. The van der Waals surface area contributed by atoms with Gasteiger partial charge in [-0.15, -0.1) is 0 Å². The topological polar surface area (TPSA) is 106 Å². The average molecular weight is 470 g/mol. The highest BCUT2D eigenvalue weighted by Crippen LogP contribution is 2.29. The first-order chi connectivity index (χ1) is 15.7. The van der Waals surface area contributed by atoms with Crippen LogP contribution in [0.3, 0.4) is 0 Å². The van der Waals surface area contributed by atoms with Crippen molar-refractivity contribution in [3.63, 3.8) is 0 Å². The fraction of sp³-hybridized carbons (Fsp3) is 0.333. The van der Waals surface area contributed by atoms with Gasteiger partial charge in [0.25, 0.3) is 0 Å². The van der Waals surface area contributed by atoms with Crippen LogP contribution in [0.2, 0.25) is 0 Å². The van der Waals surface area contributed by atoms with Gasteiger partial charge in [0, 0.05) is 24.7 Å². The Labute approximate surface area is 193 Å². The van der Waals surface area contributed by atoms with Crippen LogP contribution in [0.4, 0.5) is 5.69 Å². The van der Waals surface area contributed by atoms with Gasteiger partial charge in [0.15, 0.2) is 10.7 Å². The number of piperidine rings is 1. The first kappa shape index (κ1) is 23.0. The predicted molar refractivity (Wildman–Crippen MR) is 125 cm³/mol. The maximum absolute atomic E-state index is 13.4. The molecule has 1 amide bonds. The summed E-state index contributed by atoms with van der Waals surface area (Å²) in [6.45, 7) is 6.07. The smallest absolute Gasteiger partial charge is 0.248 e. The molecule has 1 saturated heterocycles. The number of carbonyl (C=O) groups excluding carboxylic acids is 1. The van der Waals surface area contributed by atoms with Gasteiger partial charge in [-0.25, -0.2) is 8.42 Å². The quantitative estimate of drug-likeness (QED) is 0.574. The van der Waals surface area contributed by atoms with E-state index < -0.39 is 10.0 Å². The Morgan fingerprint density at radius 2 is 1.82 bits per heavy atom. The maximum Gasteiger partial charge on any atom is 0.248 e. The SMILES string of the molecule is Cc1cc(C)cc(NC(=O)C2CCN(S(=O)(=O)c3c(C)noc3/C=C/c3ccco3)CC2)c1. The molecule has 33 heavy (non-hydrogen) atoms. The van der Waals surface area contributed by atoms with Crippen LogP contribution in [0.5, 0.6) is 0 Å². The molecular formula is C24H27N3O5S. The summed E-state index contributed by atoms with van der Waals surface area (Å²) in [5.41, 5.74) is 3.21. The first-order valence-electron chi connectivity index (χ1n) is 10.8. The van der Waals surface area contributed by atoms with E-state index in [-0.39, 0.29) is 35.6 Å². The Bertz CT molecular complexity index is 1250. The van der Waals surface area contributed by atoms with Crippen LogP contribution in [0.1, 0.15) is 41.2 Å². The maximum atomic E-state index is 13.4. The van der Waals surface area contributed by atoms with Crippen LogP contribution in [-0.4, -0.2) is 36.9 Å². The Balaban J connectivity index is 1.44.